The lowest BCUT2D eigenvalue weighted by Gasteiger charge is -2.30. The molecule has 3 nitrogen and oxygen atoms in total. The Morgan fingerprint density at radius 3 is 2.22 bits per heavy atom. The molecule has 0 aromatic carbocycles. The lowest BCUT2D eigenvalue weighted by atomic mass is 9.96. The van der Waals surface area contributed by atoms with Crippen LogP contribution in [0.15, 0.2) is 0 Å². The number of nitrogens with two attached hydrogens (primary N) is 1. The lowest BCUT2D eigenvalue weighted by molar-refractivity contribution is 0.175. The molecule has 0 aliphatic heterocycles. The molecule has 0 spiro atoms. The van der Waals surface area contributed by atoms with Gasteiger partial charge in [0.2, 0.25) is 0 Å². The summed E-state index contributed by atoms with van der Waals surface area (Å²) in [4.78, 5) is 4.87. The number of likely N-dealkylation sites (N-methyl/N-ethyl adjacent to an activating group) is 2. The van der Waals surface area contributed by atoms with Gasteiger partial charge >= 0.3 is 0 Å². The van der Waals surface area contributed by atoms with Crippen molar-refractivity contribution in [2.45, 2.75) is 52.5 Å². The minimum atomic E-state index is 0.652. The average molecular weight is 257 g/mol. The predicted octanol–water partition coefficient (Wildman–Crippen LogP) is 2.41. The van der Waals surface area contributed by atoms with Gasteiger partial charge in [0.1, 0.15) is 0 Å². The molecule has 0 heterocycles. The quantitative estimate of drug-likeness (QED) is 0.617. The van der Waals surface area contributed by atoms with Crippen LogP contribution in [0.4, 0.5) is 0 Å². The van der Waals surface area contributed by atoms with E-state index in [1.54, 1.807) is 0 Å². The molecule has 0 bridgehead atoms. The highest BCUT2D eigenvalue weighted by Crippen LogP contribution is 2.15. The first-order chi connectivity index (χ1) is 8.54. The summed E-state index contributed by atoms with van der Waals surface area (Å²) in [5.74, 6) is 0.831. The monoisotopic (exact) mass is 257 g/mol. The van der Waals surface area contributed by atoms with E-state index in [0.29, 0.717) is 6.04 Å². The van der Waals surface area contributed by atoms with Gasteiger partial charge in [-0.05, 0) is 65.8 Å². The summed E-state index contributed by atoms with van der Waals surface area (Å²) in [7, 11) is 4.30. The maximum atomic E-state index is 5.65. The minimum absolute atomic E-state index is 0.652. The smallest absolute Gasteiger partial charge is 0.0194 e. The van der Waals surface area contributed by atoms with Crippen molar-refractivity contribution in [3.8, 4) is 0 Å². The highest BCUT2D eigenvalue weighted by Gasteiger charge is 2.13. The molecule has 0 radical (unpaired) electrons. The van der Waals surface area contributed by atoms with E-state index in [-0.39, 0.29) is 0 Å². The van der Waals surface area contributed by atoms with Crippen molar-refractivity contribution in [3.05, 3.63) is 0 Å². The van der Waals surface area contributed by atoms with E-state index >= 15 is 0 Å². The third-order valence-electron chi connectivity index (χ3n) is 3.87. The fourth-order valence-corrected chi connectivity index (χ4v) is 2.71. The largest absolute Gasteiger partial charge is 0.330 e. The summed E-state index contributed by atoms with van der Waals surface area (Å²) in [6, 6.07) is 0.652. The van der Waals surface area contributed by atoms with Crippen molar-refractivity contribution in [1.29, 1.82) is 0 Å². The molecule has 0 aliphatic rings. The van der Waals surface area contributed by atoms with Crippen LogP contribution in [0.5, 0.6) is 0 Å². The van der Waals surface area contributed by atoms with Gasteiger partial charge in [0.25, 0.3) is 0 Å². The predicted molar refractivity (Wildman–Crippen MR) is 81.9 cm³/mol. The van der Waals surface area contributed by atoms with E-state index in [2.05, 4.69) is 44.7 Å². The maximum absolute atomic E-state index is 5.65. The lowest BCUT2D eigenvalue weighted by Crippen LogP contribution is -2.40. The standard InChI is InChI=1S/C15H35N3/c1-6-15(10-11-16)9-8-12-18(7-2)14(3)13-17(4)5/h14-15H,6-13,16H2,1-5H3. The van der Waals surface area contributed by atoms with Gasteiger partial charge in [-0.3, -0.25) is 4.90 Å². The van der Waals surface area contributed by atoms with Crippen molar-refractivity contribution in [2.24, 2.45) is 11.7 Å². The number of hydrogen-bond acceptors (Lipinski definition) is 3. The first kappa shape index (κ1) is 17.9. The molecule has 3 heteroatoms. The first-order valence-electron chi connectivity index (χ1n) is 7.63. The molecule has 0 aliphatic carbocycles. The van der Waals surface area contributed by atoms with E-state index < -0.39 is 0 Å². The Bertz CT molecular complexity index is 183. The molecule has 0 rings (SSSR count). The SMILES string of the molecule is CCC(CCN)CCCN(CC)C(C)CN(C)C. The van der Waals surface area contributed by atoms with Gasteiger partial charge in [-0.25, -0.2) is 0 Å². The molecule has 0 aromatic rings. The number of hydrogen-bond donors (Lipinski definition) is 1. The van der Waals surface area contributed by atoms with Crippen molar-refractivity contribution >= 4 is 0 Å². The van der Waals surface area contributed by atoms with Gasteiger partial charge in [0, 0.05) is 12.6 Å². The third-order valence-corrected chi connectivity index (χ3v) is 3.87. The van der Waals surface area contributed by atoms with Crippen LogP contribution in [0.25, 0.3) is 0 Å². The second kappa shape index (κ2) is 10.8. The van der Waals surface area contributed by atoms with Crippen molar-refractivity contribution in [1.82, 2.24) is 9.80 Å². The summed E-state index contributed by atoms with van der Waals surface area (Å²) < 4.78 is 0. The molecule has 0 saturated carbocycles. The van der Waals surface area contributed by atoms with Gasteiger partial charge in [-0.1, -0.05) is 20.3 Å². The van der Waals surface area contributed by atoms with E-state index in [0.717, 1.165) is 25.6 Å². The van der Waals surface area contributed by atoms with Gasteiger partial charge in [0.15, 0.2) is 0 Å². The Labute approximate surface area is 115 Å². The van der Waals surface area contributed by atoms with Crippen molar-refractivity contribution in [2.75, 3.05) is 40.3 Å². The Balaban J connectivity index is 3.91. The normalized spacial score (nSPS) is 15.3. The van der Waals surface area contributed by atoms with Crippen LogP contribution < -0.4 is 5.73 Å². The van der Waals surface area contributed by atoms with Crippen LogP contribution in [0.3, 0.4) is 0 Å². The molecule has 0 amide bonds. The summed E-state index contributed by atoms with van der Waals surface area (Å²) in [6.45, 7) is 11.3. The van der Waals surface area contributed by atoms with Gasteiger partial charge < -0.3 is 10.6 Å². The Kier molecular flexibility index (Phi) is 10.7. The summed E-state index contributed by atoms with van der Waals surface area (Å²) in [5, 5.41) is 0. The molecule has 0 fully saturated rings. The highest BCUT2D eigenvalue weighted by atomic mass is 15.2. The second-order valence-electron chi connectivity index (χ2n) is 5.73. The molecule has 18 heavy (non-hydrogen) atoms. The third kappa shape index (κ3) is 8.06. The van der Waals surface area contributed by atoms with E-state index in [9.17, 15) is 0 Å². The maximum Gasteiger partial charge on any atom is 0.0194 e. The molecule has 2 N–H and O–H groups in total. The topological polar surface area (TPSA) is 32.5 Å². The van der Waals surface area contributed by atoms with Gasteiger partial charge in [-0.2, -0.15) is 0 Å². The summed E-state index contributed by atoms with van der Waals surface area (Å²) >= 11 is 0. The minimum Gasteiger partial charge on any atom is -0.330 e. The van der Waals surface area contributed by atoms with Gasteiger partial charge in [0.05, 0.1) is 0 Å². The first-order valence-corrected chi connectivity index (χ1v) is 7.63. The fourth-order valence-electron chi connectivity index (χ4n) is 2.71. The summed E-state index contributed by atoms with van der Waals surface area (Å²) in [6.07, 6.45) is 5.11. The molecule has 110 valence electrons. The Morgan fingerprint density at radius 1 is 1.11 bits per heavy atom. The molecule has 2 unspecified atom stereocenters. The van der Waals surface area contributed by atoms with E-state index in [4.69, 9.17) is 5.73 Å². The number of nitrogens with zero attached hydrogens (tertiary/aromatic N) is 2. The Morgan fingerprint density at radius 2 is 1.78 bits per heavy atom. The highest BCUT2D eigenvalue weighted by molar-refractivity contribution is 4.69. The molecule has 2 atom stereocenters. The average Bonchev–Trinajstić information content (AvgIpc) is 2.32. The van der Waals surface area contributed by atoms with Crippen LogP contribution >= 0.6 is 0 Å². The van der Waals surface area contributed by atoms with Crippen LogP contribution in [0, 0.1) is 5.92 Å². The van der Waals surface area contributed by atoms with E-state index in [1.807, 2.05) is 0 Å². The zero-order valence-corrected chi connectivity index (χ0v) is 13.3. The second-order valence-corrected chi connectivity index (χ2v) is 5.73. The van der Waals surface area contributed by atoms with Crippen molar-refractivity contribution in [3.63, 3.8) is 0 Å². The molecular formula is C15H35N3. The Hall–Kier alpha value is -0.120. The molecule has 0 saturated heterocycles. The molecule has 0 aromatic heterocycles. The van der Waals surface area contributed by atoms with Gasteiger partial charge in [-0.15, -0.1) is 0 Å². The van der Waals surface area contributed by atoms with Crippen LogP contribution in [-0.2, 0) is 0 Å². The number of rotatable bonds is 11. The zero-order chi connectivity index (χ0) is 14.0. The zero-order valence-electron chi connectivity index (χ0n) is 13.3. The van der Waals surface area contributed by atoms with E-state index in [1.165, 1.54) is 32.2 Å². The van der Waals surface area contributed by atoms with Crippen molar-refractivity contribution < 1.29 is 0 Å². The summed E-state index contributed by atoms with van der Waals surface area (Å²) in [5.41, 5.74) is 5.65. The van der Waals surface area contributed by atoms with Crippen LogP contribution in [0.1, 0.15) is 46.5 Å². The van der Waals surface area contributed by atoms with Crippen LogP contribution in [-0.4, -0.2) is 56.1 Å². The fraction of sp³-hybridized carbons (Fsp3) is 1.00. The molecular weight excluding hydrogens is 222 g/mol. The van der Waals surface area contributed by atoms with Crippen LogP contribution in [0.2, 0.25) is 0 Å².